The molecule has 3 aromatic carbocycles. The van der Waals surface area contributed by atoms with Crippen molar-refractivity contribution in [2.75, 3.05) is 17.6 Å². The number of rotatable bonds is 8. The summed E-state index contributed by atoms with van der Waals surface area (Å²) in [6.45, 7) is 3.89. The van der Waals surface area contributed by atoms with Gasteiger partial charge < -0.3 is 4.57 Å². The second-order valence-electron chi connectivity index (χ2n) is 9.24. The predicted molar refractivity (Wildman–Crippen MR) is 148 cm³/mol. The third-order valence-electron chi connectivity index (χ3n) is 6.19. The van der Waals surface area contributed by atoms with Gasteiger partial charge in [0.1, 0.15) is 13.0 Å². The summed E-state index contributed by atoms with van der Waals surface area (Å²) < 4.78 is 55.0. The summed E-state index contributed by atoms with van der Waals surface area (Å²) in [5.74, 6) is -0.430. The van der Waals surface area contributed by atoms with Crippen molar-refractivity contribution in [1.29, 1.82) is 0 Å². The van der Waals surface area contributed by atoms with Crippen molar-refractivity contribution >= 4 is 33.7 Å². The molecule has 0 saturated heterocycles. The highest BCUT2D eigenvalue weighted by Gasteiger charge is 2.29. The second kappa shape index (κ2) is 10.6. The SMILES string of the molecule is CC(C)c1cc(-c2ccc(F)c(CP(=O)(c3ccccc3)c3ccccc3)c2)nc(N(C)S(C)(=O)=O)n1. The van der Waals surface area contributed by atoms with E-state index < -0.39 is 23.0 Å². The summed E-state index contributed by atoms with van der Waals surface area (Å²) in [5.41, 5.74) is 1.98. The highest BCUT2D eigenvalue weighted by atomic mass is 32.2. The van der Waals surface area contributed by atoms with E-state index in [1.807, 2.05) is 74.5 Å². The topological polar surface area (TPSA) is 80.2 Å². The van der Waals surface area contributed by atoms with Gasteiger partial charge in [-0.15, -0.1) is 0 Å². The molecule has 0 bridgehead atoms. The van der Waals surface area contributed by atoms with Gasteiger partial charge in [0.2, 0.25) is 16.0 Å². The van der Waals surface area contributed by atoms with Crippen molar-refractivity contribution in [2.45, 2.75) is 25.9 Å². The Bertz CT molecular complexity index is 1520. The summed E-state index contributed by atoms with van der Waals surface area (Å²) in [7, 11) is -5.41. The highest BCUT2D eigenvalue weighted by Crippen LogP contribution is 2.47. The minimum atomic E-state index is -3.59. The summed E-state index contributed by atoms with van der Waals surface area (Å²) in [6.07, 6.45) is 1.07. The second-order valence-corrected chi connectivity index (χ2v) is 14.1. The van der Waals surface area contributed by atoms with E-state index in [9.17, 15) is 13.0 Å². The number of aromatic nitrogens is 2. The van der Waals surface area contributed by atoms with Gasteiger partial charge >= 0.3 is 0 Å². The van der Waals surface area contributed by atoms with Crippen LogP contribution >= 0.6 is 7.14 Å². The van der Waals surface area contributed by atoms with E-state index in [0.29, 0.717) is 27.6 Å². The van der Waals surface area contributed by atoms with Gasteiger partial charge in [-0.3, -0.25) is 0 Å². The van der Waals surface area contributed by atoms with Gasteiger partial charge in [0, 0.05) is 35.1 Å². The van der Waals surface area contributed by atoms with Crippen molar-refractivity contribution in [3.63, 3.8) is 0 Å². The molecule has 192 valence electrons. The molecule has 4 rings (SSSR count). The monoisotopic (exact) mass is 537 g/mol. The number of benzene rings is 3. The van der Waals surface area contributed by atoms with Gasteiger partial charge in [-0.1, -0.05) is 74.5 Å². The first-order valence-electron chi connectivity index (χ1n) is 11.8. The van der Waals surface area contributed by atoms with Gasteiger partial charge in [0.05, 0.1) is 11.9 Å². The molecule has 0 radical (unpaired) electrons. The Morgan fingerprint density at radius 1 is 0.892 bits per heavy atom. The van der Waals surface area contributed by atoms with Crippen LogP contribution in [0.5, 0.6) is 0 Å². The minimum absolute atomic E-state index is 0.00441. The van der Waals surface area contributed by atoms with E-state index >= 15 is 4.39 Å². The lowest BCUT2D eigenvalue weighted by molar-refractivity contribution is 0.582. The van der Waals surface area contributed by atoms with E-state index in [4.69, 9.17) is 0 Å². The van der Waals surface area contributed by atoms with Gasteiger partial charge in [-0.2, -0.15) is 0 Å². The molecule has 0 atom stereocenters. The molecule has 37 heavy (non-hydrogen) atoms. The van der Waals surface area contributed by atoms with Crippen LogP contribution in [0.3, 0.4) is 0 Å². The fourth-order valence-electron chi connectivity index (χ4n) is 3.95. The van der Waals surface area contributed by atoms with Crippen LogP contribution in [0.25, 0.3) is 11.3 Å². The third-order valence-corrected chi connectivity index (χ3v) is 10.4. The van der Waals surface area contributed by atoms with E-state index in [2.05, 4.69) is 9.97 Å². The van der Waals surface area contributed by atoms with Crippen LogP contribution in [0, 0.1) is 5.82 Å². The molecular formula is C28H29FN3O3PS. The molecule has 0 N–H and O–H groups in total. The lowest BCUT2D eigenvalue weighted by atomic mass is 10.0. The zero-order valence-corrected chi connectivity index (χ0v) is 22.9. The van der Waals surface area contributed by atoms with E-state index in [1.165, 1.54) is 13.1 Å². The molecule has 1 aromatic heterocycles. The summed E-state index contributed by atoms with van der Waals surface area (Å²) in [4.78, 5) is 8.90. The van der Waals surface area contributed by atoms with Crippen LogP contribution in [0.4, 0.5) is 10.3 Å². The van der Waals surface area contributed by atoms with Crippen molar-refractivity contribution in [3.8, 4) is 11.3 Å². The lowest BCUT2D eigenvalue weighted by Gasteiger charge is -2.21. The van der Waals surface area contributed by atoms with Crippen molar-refractivity contribution in [2.24, 2.45) is 0 Å². The molecule has 0 unspecified atom stereocenters. The lowest BCUT2D eigenvalue weighted by Crippen LogP contribution is -2.27. The summed E-state index contributed by atoms with van der Waals surface area (Å²) in [6, 6.07) is 24.6. The fourth-order valence-corrected chi connectivity index (χ4v) is 7.02. The largest absolute Gasteiger partial charge is 0.313 e. The first kappa shape index (κ1) is 26.7. The van der Waals surface area contributed by atoms with Crippen molar-refractivity contribution < 1.29 is 17.4 Å². The zero-order valence-electron chi connectivity index (χ0n) is 21.2. The first-order valence-corrected chi connectivity index (χ1v) is 15.5. The summed E-state index contributed by atoms with van der Waals surface area (Å²) in [5, 5.41) is 1.29. The van der Waals surface area contributed by atoms with Crippen LogP contribution in [0.1, 0.15) is 31.0 Å². The average Bonchev–Trinajstić information content (AvgIpc) is 2.89. The van der Waals surface area contributed by atoms with Crippen LogP contribution in [0.15, 0.2) is 84.9 Å². The molecule has 0 aliphatic rings. The van der Waals surface area contributed by atoms with Crippen molar-refractivity contribution in [3.05, 3.63) is 102 Å². The zero-order chi connectivity index (χ0) is 26.8. The Morgan fingerprint density at radius 2 is 1.46 bits per heavy atom. The average molecular weight is 538 g/mol. The maximum atomic E-state index is 15.2. The smallest absolute Gasteiger partial charge is 0.239 e. The quantitative estimate of drug-likeness (QED) is 0.285. The molecule has 0 aliphatic heterocycles. The Morgan fingerprint density at radius 3 is 1.97 bits per heavy atom. The van der Waals surface area contributed by atoms with Crippen LogP contribution in [-0.4, -0.2) is 31.7 Å². The highest BCUT2D eigenvalue weighted by molar-refractivity contribution is 7.92. The molecule has 9 heteroatoms. The normalized spacial score (nSPS) is 12.1. The molecule has 0 spiro atoms. The Balaban J connectivity index is 1.84. The maximum absolute atomic E-state index is 15.2. The van der Waals surface area contributed by atoms with E-state index in [-0.39, 0.29) is 23.6 Å². The standard InChI is InChI=1S/C28H29FN3O3PS/c1-20(2)26-18-27(31-28(30-26)32(3)37(4,34)35)21-15-16-25(29)22(17-21)19-36(33,23-11-7-5-8-12-23)24-13-9-6-10-14-24/h5-18,20H,19H2,1-4H3. The van der Waals surface area contributed by atoms with Crippen molar-refractivity contribution in [1.82, 2.24) is 9.97 Å². The molecule has 1 heterocycles. The van der Waals surface area contributed by atoms with Gasteiger partial charge in [-0.25, -0.2) is 27.1 Å². The third kappa shape index (κ3) is 5.81. The molecular weight excluding hydrogens is 508 g/mol. The Hall–Kier alpha value is -3.35. The molecule has 0 fully saturated rings. The van der Waals surface area contributed by atoms with E-state index in [0.717, 1.165) is 10.6 Å². The van der Waals surface area contributed by atoms with Gasteiger partial charge in [0.15, 0.2) is 0 Å². The summed E-state index contributed by atoms with van der Waals surface area (Å²) >= 11 is 0. The molecule has 4 aromatic rings. The number of hydrogen-bond acceptors (Lipinski definition) is 5. The maximum Gasteiger partial charge on any atom is 0.239 e. The fraction of sp³-hybridized carbons (Fsp3) is 0.214. The number of anilines is 1. The molecule has 0 aliphatic carbocycles. The molecule has 6 nitrogen and oxygen atoms in total. The van der Waals surface area contributed by atoms with Crippen LogP contribution in [-0.2, 0) is 20.8 Å². The Labute approximate surface area is 217 Å². The van der Waals surface area contributed by atoms with E-state index in [1.54, 1.807) is 18.2 Å². The predicted octanol–water partition coefficient (Wildman–Crippen LogP) is 5.32. The number of sulfonamides is 1. The van der Waals surface area contributed by atoms with Crippen LogP contribution < -0.4 is 14.9 Å². The number of halogens is 1. The first-order chi connectivity index (χ1) is 17.5. The number of nitrogens with zero attached hydrogens (tertiary/aromatic N) is 3. The van der Waals surface area contributed by atoms with Gasteiger partial charge in [0.25, 0.3) is 0 Å². The van der Waals surface area contributed by atoms with Crippen LogP contribution in [0.2, 0.25) is 0 Å². The minimum Gasteiger partial charge on any atom is -0.313 e. The Kier molecular flexibility index (Phi) is 7.62. The number of hydrogen-bond donors (Lipinski definition) is 0. The molecule has 0 amide bonds. The molecule has 0 saturated carbocycles. The van der Waals surface area contributed by atoms with Gasteiger partial charge in [-0.05, 0) is 35.7 Å².